The predicted octanol–water partition coefficient (Wildman–Crippen LogP) is 2.65. The summed E-state index contributed by atoms with van der Waals surface area (Å²) in [7, 11) is 0. The zero-order valence-corrected chi connectivity index (χ0v) is 9.23. The van der Waals surface area contributed by atoms with Gasteiger partial charge < -0.3 is 5.32 Å². The molecule has 0 spiro atoms. The third-order valence-electron chi connectivity index (χ3n) is 2.73. The van der Waals surface area contributed by atoms with Gasteiger partial charge in [-0.15, -0.1) is 0 Å². The number of rotatable bonds is 3. The van der Waals surface area contributed by atoms with Crippen LogP contribution in [0.1, 0.15) is 25.3 Å². The van der Waals surface area contributed by atoms with E-state index < -0.39 is 0 Å². The molecular formula is C10H14ClN3. The van der Waals surface area contributed by atoms with Gasteiger partial charge in [0.25, 0.3) is 0 Å². The van der Waals surface area contributed by atoms with Crippen LogP contribution in [-0.4, -0.2) is 16.5 Å². The standard InChI is InChI=1S/C10H14ClN3/c1-7-5-12-9(11)14-8(7)13-6-10(2)3-4-10/h5H,3-4,6H2,1-2H3,(H,12,13,14). The van der Waals surface area contributed by atoms with E-state index in [2.05, 4.69) is 22.2 Å². The molecule has 0 aromatic carbocycles. The van der Waals surface area contributed by atoms with E-state index in [0.29, 0.717) is 10.7 Å². The summed E-state index contributed by atoms with van der Waals surface area (Å²) in [5.41, 5.74) is 1.52. The van der Waals surface area contributed by atoms with Gasteiger partial charge in [-0.25, -0.2) is 9.97 Å². The van der Waals surface area contributed by atoms with Crippen LogP contribution in [0.3, 0.4) is 0 Å². The first-order valence-corrected chi connectivity index (χ1v) is 5.20. The van der Waals surface area contributed by atoms with Crippen LogP contribution in [0.15, 0.2) is 6.20 Å². The maximum absolute atomic E-state index is 5.72. The number of nitrogens with one attached hydrogen (secondary N) is 1. The zero-order chi connectivity index (χ0) is 10.2. The average molecular weight is 212 g/mol. The van der Waals surface area contributed by atoms with Crippen LogP contribution in [0.5, 0.6) is 0 Å². The molecule has 1 aliphatic carbocycles. The molecule has 1 N–H and O–H groups in total. The van der Waals surface area contributed by atoms with Crippen LogP contribution >= 0.6 is 11.6 Å². The molecule has 2 rings (SSSR count). The van der Waals surface area contributed by atoms with E-state index in [0.717, 1.165) is 17.9 Å². The van der Waals surface area contributed by atoms with Crippen LogP contribution in [0.25, 0.3) is 0 Å². The summed E-state index contributed by atoms with van der Waals surface area (Å²) in [6, 6.07) is 0. The Kier molecular flexibility index (Phi) is 2.35. The van der Waals surface area contributed by atoms with Crippen molar-refractivity contribution in [2.24, 2.45) is 5.41 Å². The Hall–Kier alpha value is -0.830. The lowest BCUT2D eigenvalue weighted by Gasteiger charge is -2.12. The minimum atomic E-state index is 0.305. The highest BCUT2D eigenvalue weighted by Crippen LogP contribution is 2.44. The minimum absolute atomic E-state index is 0.305. The van der Waals surface area contributed by atoms with Gasteiger partial charge in [-0.1, -0.05) is 6.92 Å². The Labute approximate surface area is 88.9 Å². The molecule has 14 heavy (non-hydrogen) atoms. The summed E-state index contributed by atoms with van der Waals surface area (Å²) in [5.74, 6) is 0.859. The second-order valence-corrected chi connectivity index (χ2v) is 4.67. The number of aryl methyl sites for hydroxylation is 1. The highest BCUT2D eigenvalue weighted by molar-refractivity contribution is 6.28. The van der Waals surface area contributed by atoms with E-state index in [1.807, 2.05) is 6.92 Å². The minimum Gasteiger partial charge on any atom is -0.369 e. The highest BCUT2D eigenvalue weighted by atomic mass is 35.5. The molecule has 3 nitrogen and oxygen atoms in total. The molecule has 1 aliphatic rings. The number of anilines is 1. The Morgan fingerprint density at radius 1 is 1.57 bits per heavy atom. The molecule has 0 unspecified atom stereocenters. The zero-order valence-electron chi connectivity index (χ0n) is 8.47. The van der Waals surface area contributed by atoms with E-state index >= 15 is 0 Å². The van der Waals surface area contributed by atoms with E-state index in [4.69, 9.17) is 11.6 Å². The smallest absolute Gasteiger partial charge is 0.224 e. The molecule has 1 fully saturated rings. The van der Waals surface area contributed by atoms with Gasteiger partial charge in [0.15, 0.2) is 0 Å². The summed E-state index contributed by atoms with van der Waals surface area (Å²) < 4.78 is 0. The van der Waals surface area contributed by atoms with Crippen LogP contribution in [-0.2, 0) is 0 Å². The molecule has 0 amide bonds. The van der Waals surface area contributed by atoms with Gasteiger partial charge in [0.2, 0.25) is 5.28 Å². The van der Waals surface area contributed by atoms with Gasteiger partial charge >= 0.3 is 0 Å². The monoisotopic (exact) mass is 211 g/mol. The van der Waals surface area contributed by atoms with Crippen molar-refractivity contribution < 1.29 is 0 Å². The Morgan fingerprint density at radius 2 is 2.29 bits per heavy atom. The Morgan fingerprint density at radius 3 is 2.93 bits per heavy atom. The van der Waals surface area contributed by atoms with E-state index in [9.17, 15) is 0 Å². The van der Waals surface area contributed by atoms with Gasteiger partial charge in [-0.3, -0.25) is 0 Å². The van der Waals surface area contributed by atoms with Crippen molar-refractivity contribution in [2.45, 2.75) is 26.7 Å². The van der Waals surface area contributed by atoms with Crippen LogP contribution < -0.4 is 5.32 Å². The first-order valence-electron chi connectivity index (χ1n) is 4.82. The molecule has 4 heteroatoms. The van der Waals surface area contributed by atoms with Crippen molar-refractivity contribution in [3.05, 3.63) is 17.0 Å². The fourth-order valence-electron chi connectivity index (χ4n) is 1.29. The first-order chi connectivity index (χ1) is 6.59. The topological polar surface area (TPSA) is 37.8 Å². The van der Waals surface area contributed by atoms with Crippen LogP contribution in [0.4, 0.5) is 5.82 Å². The van der Waals surface area contributed by atoms with Gasteiger partial charge in [0.1, 0.15) is 5.82 Å². The highest BCUT2D eigenvalue weighted by Gasteiger charge is 2.36. The average Bonchev–Trinajstić information content (AvgIpc) is 2.87. The molecule has 76 valence electrons. The van der Waals surface area contributed by atoms with E-state index in [1.54, 1.807) is 6.20 Å². The molecule has 0 radical (unpaired) electrons. The lowest BCUT2D eigenvalue weighted by atomic mass is 10.1. The molecule has 0 saturated heterocycles. The van der Waals surface area contributed by atoms with Gasteiger partial charge in [0, 0.05) is 18.3 Å². The number of halogens is 1. The van der Waals surface area contributed by atoms with Crippen molar-refractivity contribution in [3.63, 3.8) is 0 Å². The van der Waals surface area contributed by atoms with Crippen molar-refractivity contribution in [3.8, 4) is 0 Å². The number of hydrogen-bond donors (Lipinski definition) is 1. The van der Waals surface area contributed by atoms with Crippen LogP contribution in [0.2, 0.25) is 5.28 Å². The molecule has 0 bridgehead atoms. The largest absolute Gasteiger partial charge is 0.369 e. The molecule has 1 aromatic heterocycles. The van der Waals surface area contributed by atoms with Crippen LogP contribution in [0, 0.1) is 12.3 Å². The summed E-state index contributed by atoms with van der Waals surface area (Å²) >= 11 is 5.72. The molecular weight excluding hydrogens is 198 g/mol. The maximum atomic E-state index is 5.72. The van der Waals surface area contributed by atoms with Crippen molar-refractivity contribution in [2.75, 3.05) is 11.9 Å². The maximum Gasteiger partial charge on any atom is 0.224 e. The molecule has 0 atom stereocenters. The third-order valence-corrected chi connectivity index (χ3v) is 2.91. The lowest BCUT2D eigenvalue weighted by molar-refractivity contribution is 0.609. The summed E-state index contributed by atoms with van der Waals surface area (Å²) in [6.07, 6.45) is 4.35. The number of hydrogen-bond acceptors (Lipinski definition) is 3. The van der Waals surface area contributed by atoms with Crippen molar-refractivity contribution in [1.29, 1.82) is 0 Å². The third kappa shape index (κ3) is 2.15. The van der Waals surface area contributed by atoms with Gasteiger partial charge in [-0.2, -0.15) is 0 Å². The molecule has 0 aliphatic heterocycles. The van der Waals surface area contributed by atoms with Gasteiger partial charge in [0.05, 0.1) is 0 Å². The summed E-state index contributed by atoms with van der Waals surface area (Å²) in [5, 5.41) is 3.63. The summed E-state index contributed by atoms with van der Waals surface area (Å²) in [6.45, 7) is 5.23. The fourth-order valence-corrected chi connectivity index (χ4v) is 1.42. The van der Waals surface area contributed by atoms with Crippen molar-refractivity contribution >= 4 is 17.4 Å². The first kappa shape index (κ1) is 9.71. The second-order valence-electron chi connectivity index (χ2n) is 4.33. The normalized spacial score (nSPS) is 17.9. The second kappa shape index (κ2) is 3.39. The van der Waals surface area contributed by atoms with E-state index in [-0.39, 0.29) is 0 Å². The van der Waals surface area contributed by atoms with Crippen molar-refractivity contribution in [1.82, 2.24) is 9.97 Å². The van der Waals surface area contributed by atoms with Gasteiger partial charge in [-0.05, 0) is 36.8 Å². The summed E-state index contributed by atoms with van der Waals surface area (Å²) in [4.78, 5) is 8.06. The number of nitrogens with zero attached hydrogens (tertiary/aromatic N) is 2. The SMILES string of the molecule is Cc1cnc(Cl)nc1NCC1(C)CC1. The Bertz CT molecular complexity index is 347. The lowest BCUT2D eigenvalue weighted by Crippen LogP contribution is -2.13. The fraction of sp³-hybridized carbons (Fsp3) is 0.600. The molecule has 1 saturated carbocycles. The molecule has 1 aromatic rings. The van der Waals surface area contributed by atoms with E-state index in [1.165, 1.54) is 12.8 Å². The Balaban J connectivity index is 2.04. The predicted molar refractivity (Wildman–Crippen MR) is 57.6 cm³/mol. The number of aromatic nitrogens is 2. The molecule has 1 heterocycles. The quantitative estimate of drug-likeness (QED) is 0.782.